The maximum Gasteiger partial charge on any atom is 0.344 e. The van der Waals surface area contributed by atoms with E-state index >= 15 is 0 Å². The van der Waals surface area contributed by atoms with E-state index in [4.69, 9.17) is 16.3 Å². The second-order valence-electron chi connectivity index (χ2n) is 7.18. The normalized spacial score (nSPS) is 13.2. The van der Waals surface area contributed by atoms with E-state index in [9.17, 15) is 4.55 Å². The third-order valence-corrected chi connectivity index (χ3v) is 5.18. The Kier molecular flexibility index (Phi) is 5.14. The molecule has 26 heavy (non-hydrogen) atoms. The molecular formula is C18H21ClN4O2S. The lowest BCUT2D eigenvalue weighted by Crippen LogP contribution is -2.14. The van der Waals surface area contributed by atoms with Crippen molar-refractivity contribution in [2.24, 2.45) is 0 Å². The average Bonchev–Trinajstić information content (AvgIpc) is 2.96. The molecule has 1 N–H and O–H groups in total. The Labute approximate surface area is 160 Å². The second kappa shape index (κ2) is 7.06. The zero-order valence-electron chi connectivity index (χ0n) is 15.4. The Morgan fingerprint density at radius 3 is 2.69 bits per heavy atom. The summed E-state index contributed by atoms with van der Waals surface area (Å²) < 4.78 is 17.6. The van der Waals surface area contributed by atoms with Gasteiger partial charge in [-0.05, 0) is 30.0 Å². The molecule has 0 spiro atoms. The minimum absolute atomic E-state index is 0.108. The van der Waals surface area contributed by atoms with E-state index in [0.717, 1.165) is 27.3 Å². The topological polar surface area (TPSA) is 86.8 Å². The molecule has 8 heteroatoms. The van der Waals surface area contributed by atoms with Crippen LogP contribution in [0.2, 0.25) is 5.02 Å². The van der Waals surface area contributed by atoms with E-state index in [1.54, 1.807) is 12.5 Å². The number of aromatic amines is 1. The molecule has 3 aromatic rings. The summed E-state index contributed by atoms with van der Waals surface area (Å²) in [5, 5.41) is 8.86. The molecule has 0 aliphatic heterocycles. The van der Waals surface area contributed by atoms with Crippen molar-refractivity contribution in [2.45, 2.75) is 44.9 Å². The number of benzene rings is 1. The largest absolute Gasteiger partial charge is 0.609 e. The predicted molar refractivity (Wildman–Crippen MR) is 103 cm³/mol. The number of fused-ring (bicyclic) bond motifs is 1. The van der Waals surface area contributed by atoms with Gasteiger partial charge in [0.15, 0.2) is 5.65 Å². The molecule has 1 aromatic carbocycles. The average molecular weight is 393 g/mol. The molecule has 138 valence electrons. The van der Waals surface area contributed by atoms with Gasteiger partial charge in [-0.15, -0.1) is 0 Å². The van der Waals surface area contributed by atoms with Gasteiger partial charge in [0, 0.05) is 28.0 Å². The van der Waals surface area contributed by atoms with Gasteiger partial charge in [-0.1, -0.05) is 32.4 Å². The fourth-order valence-corrected chi connectivity index (χ4v) is 3.18. The molecule has 0 bridgehead atoms. The number of aryl methyl sites for hydroxylation is 1. The smallest absolute Gasteiger partial charge is 0.344 e. The summed E-state index contributed by atoms with van der Waals surface area (Å²) in [6.45, 7) is 8.56. The lowest BCUT2D eigenvalue weighted by atomic mass is 9.86. The fraction of sp³-hybridized carbons (Fsp3) is 0.389. The highest BCUT2D eigenvalue weighted by atomic mass is 35.5. The van der Waals surface area contributed by atoms with Crippen LogP contribution >= 0.6 is 11.6 Å². The van der Waals surface area contributed by atoms with Crippen LogP contribution in [-0.4, -0.2) is 31.0 Å². The first kappa shape index (κ1) is 18.9. The molecule has 0 aliphatic carbocycles. The first-order chi connectivity index (χ1) is 12.2. The molecule has 2 heterocycles. The van der Waals surface area contributed by atoms with Crippen molar-refractivity contribution in [2.75, 3.05) is 6.26 Å². The predicted octanol–water partition coefficient (Wildman–Crippen LogP) is 3.93. The molecule has 3 rings (SSSR count). The lowest BCUT2D eigenvalue weighted by molar-refractivity contribution is 0.294. The quantitative estimate of drug-likeness (QED) is 0.537. The first-order valence-electron chi connectivity index (χ1n) is 8.13. The van der Waals surface area contributed by atoms with Gasteiger partial charge in [-0.2, -0.15) is 15.1 Å². The number of nitrogens with zero attached hydrogens (tertiary/aromatic N) is 3. The van der Waals surface area contributed by atoms with Crippen LogP contribution in [0.5, 0.6) is 5.75 Å². The first-order valence-corrected chi connectivity index (χ1v) is 10.1. The Morgan fingerprint density at radius 2 is 2.04 bits per heavy atom. The minimum atomic E-state index is -1.24. The summed E-state index contributed by atoms with van der Waals surface area (Å²) in [5.41, 5.74) is 3.13. The monoisotopic (exact) mass is 392 g/mol. The number of H-pyrrole nitrogens is 1. The summed E-state index contributed by atoms with van der Waals surface area (Å²) in [5.74, 6) is 0.780. The number of ether oxygens (including phenoxy) is 1. The van der Waals surface area contributed by atoms with Gasteiger partial charge < -0.3 is 9.29 Å². The number of hydrogen-bond donors (Lipinski definition) is 1. The Hall–Kier alpha value is -1.83. The minimum Gasteiger partial charge on any atom is -0.609 e. The summed E-state index contributed by atoms with van der Waals surface area (Å²) >= 11 is 5.05. The van der Waals surface area contributed by atoms with Gasteiger partial charge in [-0.3, -0.25) is 5.10 Å². The van der Waals surface area contributed by atoms with Crippen molar-refractivity contribution in [1.82, 2.24) is 20.2 Å². The van der Waals surface area contributed by atoms with Crippen molar-refractivity contribution in [3.63, 3.8) is 0 Å². The van der Waals surface area contributed by atoms with Gasteiger partial charge in [0.2, 0.25) is 0 Å². The zero-order chi connectivity index (χ0) is 19.1. The van der Waals surface area contributed by atoms with Crippen LogP contribution in [-0.2, 0) is 23.2 Å². The molecular weight excluding hydrogens is 372 g/mol. The van der Waals surface area contributed by atoms with E-state index in [1.807, 2.05) is 19.1 Å². The molecule has 2 aromatic heterocycles. The molecule has 0 saturated heterocycles. The van der Waals surface area contributed by atoms with Crippen LogP contribution in [0.3, 0.4) is 0 Å². The Morgan fingerprint density at radius 1 is 1.31 bits per heavy atom. The van der Waals surface area contributed by atoms with E-state index in [1.165, 1.54) is 0 Å². The summed E-state index contributed by atoms with van der Waals surface area (Å²) in [6.07, 6.45) is 3.16. The van der Waals surface area contributed by atoms with Gasteiger partial charge in [0.1, 0.15) is 24.3 Å². The molecule has 1 unspecified atom stereocenters. The van der Waals surface area contributed by atoms with Crippen LogP contribution in [0.1, 0.15) is 37.6 Å². The van der Waals surface area contributed by atoms with Crippen LogP contribution in [0, 0.1) is 6.92 Å². The van der Waals surface area contributed by atoms with Gasteiger partial charge in [-0.25, -0.2) is 0 Å². The van der Waals surface area contributed by atoms with Crippen molar-refractivity contribution in [1.29, 1.82) is 0 Å². The van der Waals surface area contributed by atoms with Crippen molar-refractivity contribution in [3.8, 4) is 5.75 Å². The van der Waals surface area contributed by atoms with Gasteiger partial charge in [0.05, 0.1) is 5.39 Å². The van der Waals surface area contributed by atoms with E-state index in [0.29, 0.717) is 11.3 Å². The number of aromatic nitrogens is 4. The van der Waals surface area contributed by atoms with Gasteiger partial charge in [0.25, 0.3) is 0 Å². The molecule has 0 saturated carbocycles. The number of hydrogen-bond acceptors (Lipinski definition) is 5. The van der Waals surface area contributed by atoms with E-state index in [-0.39, 0.29) is 17.2 Å². The third kappa shape index (κ3) is 3.79. The zero-order valence-corrected chi connectivity index (χ0v) is 17.0. The summed E-state index contributed by atoms with van der Waals surface area (Å²) in [4.78, 5) is 8.36. The van der Waals surface area contributed by atoms with Crippen molar-refractivity contribution in [3.05, 3.63) is 40.2 Å². The fourth-order valence-electron chi connectivity index (χ4n) is 2.60. The Bertz CT molecular complexity index is 950. The molecule has 0 amide bonds. The number of rotatable bonds is 4. The number of nitrogens with one attached hydrogen (secondary N) is 1. The van der Waals surface area contributed by atoms with Crippen molar-refractivity contribution >= 4 is 33.8 Å². The highest BCUT2D eigenvalue weighted by molar-refractivity contribution is 7.90. The number of halogens is 1. The van der Waals surface area contributed by atoms with E-state index in [2.05, 4.69) is 40.9 Å². The molecule has 6 nitrogen and oxygen atoms in total. The van der Waals surface area contributed by atoms with Crippen LogP contribution in [0.4, 0.5) is 0 Å². The van der Waals surface area contributed by atoms with Gasteiger partial charge >= 0.3 is 5.16 Å². The third-order valence-electron chi connectivity index (χ3n) is 4.06. The highest BCUT2D eigenvalue weighted by Crippen LogP contribution is 2.36. The SMILES string of the molecule is Cc1cc(OCc2n[nH]c3nc([S+](C)[O-])ncc23)c(C(C)(C)C)cc1Cl. The second-order valence-corrected chi connectivity index (χ2v) is 8.86. The maximum atomic E-state index is 11.5. The molecule has 0 aliphatic rings. The van der Waals surface area contributed by atoms with Crippen molar-refractivity contribution < 1.29 is 9.29 Å². The highest BCUT2D eigenvalue weighted by Gasteiger charge is 2.21. The van der Waals surface area contributed by atoms with Crippen LogP contribution < -0.4 is 4.74 Å². The maximum absolute atomic E-state index is 11.5. The Balaban J connectivity index is 1.90. The lowest BCUT2D eigenvalue weighted by Gasteiger charge is -2.23. The summed E-state index contributed by atoms with van der Waals surface area (Å²) in [6, 6.07) is 3.91. The molecule has 0 radical (unpaired) electrons. The van der Waals surface area contributed by atoms with E-state index < -0.39 is 11.2 Å². The molecule has 1 atom stereocenters. The van der Waals surface area contributed by atoms with Crippen LogP contribution in [0.25, 0.3) is 11.0 Å². The van der Waals surface area contributed by atoms with Crippen LogP contribution in [0.15, 0.2) is 23.5 Å². The summed E-state index contributed by atoms with van der Waals surface area (Å²) in [7, 11) is 0. The molecule has 0 fully saturated rings. The standard InChI is InChI=1S/C18H21ClN4O2S/c1-10-6-15(12(7-13(10)19)18(2,3)4)25-9-14-11-8-20-17(26(5)24)21-16(11)23-22-14/h6-8H,9H2,1-5H3,(H,20,21,22,23).